The van der Waals surface area contributed by atoms with E-state index in [1.54, 1.807) is 0 Å². The summed E-state index contributed by atoms with van der Waals surface area (Å²) in [4.78, 5) is 0. The molecule has 1 heteroatoms. The Kier molecular flexibility index (Phi) is 4.46. The minimum Gasteiger partial charge on any atom is -0.317 e. The third-order valence-electron chi connectivity index (χ3n) is 4.61. The molecule has 19 heavy (non-hydrogen) atoms. The van der Waals surface area contributed by atoms with Crippen LogP contribution in [0.25, 0.3) is 6.08 Å². The second kappa shape index (κ2) is 5.92. The van der Waals surface area contributed by atoms with Crippen LogP contribution in [0.15, 0.2) is 24.3 Å². The fourth-order valence-electron chi connectivity index (χ4n) is 3.09. The minimum atomic E-state index is 0.289. The molecule has 0 aliphatic carbocycles. The fourth-order valence-corrected chi connectivity index (χ4v) is 3.09. The van der Waals surface area contributed by atoms with Gasteiger partial charge in [0.05, 0.1) is 0 Å². The molecule has 0 amide bonds. The van der Waals surface area contributed by atoms with Gasteiger partial charge in [0, 0.05) is 0 Å². The quantitative estimate of drug-likeness (QED) is 0.849. The number of hydrogen-bond donors (Lipinski definition) is 1. The molecule has 0 unspecified atom stereocenters. The van der Waals surface area contributed by atoms with Crippen molar-refractivity contribution in [3.8, 4) is 0 Å². The number of allylic oxidation sites excluding steroid dienone is 1. The van der Waals surface area contributed by atoms with Gasteiger partial charge in [-0.25, -0.2) is 0 Å². The van der Waals surface area contributed by atoms with Crippen LogP contribution in [-0.2, 0) is 0 Å². The van der Waals surface area contributed by atoms with E-state index in [1.807, 2.05) is 0 Å². The van der Waals surface area contributed by atoms with Gasteiger partial charge in [-0.1, -0.05) is 44.2 Å². The molecule has 1 fully saturated rings. The topological polar surface area (TPSA) is 12.0 Å². The van der Waals surface area contributed by atoms with Crippen LogP contribution in [0.1, 0.15) is 43.4 Å². The molecule has 0 bridgehead atoms. The van der Waals surface area contributed by atoms with Gasteiger partial charge in [0.1, 0.15) is 0 Å². The maximum atomic E-state index is 3.45. The van der Waals surface area contributed by atoms with Crippen LogP contribution in [0, 0.1) is 25.2 Å². The van der Waals surface area contributed by atoms with E-state index in [9.17, 15) is 0 Å². The zero-order chi connectivity index (χ0) is 13.9. The van der Waals surface area contributed by atoms with Crippen molar-refractivity contribution >= 4 is 6.08 Å². The lowest BCUT2D eigenvalue weighted by Gasteiger charge is -2.35. The third kappa shape index (κ3) is 3.48. The first-order chi connectivity index (χ1) is 9.00. The molecular weight excluding hydrogens is 230 g/mol. The normalized spacial score (nSPS) is 18.1. The van der Waals surface area contributed by atoms with Crippen molar-refractivity contribution in [1.82, 2.24) is 5.32 Å². The summed E-state index contributed by atoms with van der Waals surface area (Å²) in [6.07, 6.45) is 7.36. The summed E-state index contributed by atoms with van der Waals surface area (Å²) in [5, 5.41) is 3.45. The number of rotatable bonds is 3. The molecule has 1 N–H and O–H groups in total. The molecule has 0 aromatic heterocycles. The molecule has 1 aliphatic rings. The van der Waals surface area contributed by atoms with Crippen LogP contribution < -0.4 is 5.32 Å². The number of hydrogen-bond acceptors (Lipinski definition) is 1. The van der Waals surface area contributed by atoms with Gasteiger partial charge in [0.25, 0.3) is 0 Å². The fraction of sp³-hybridized carbons (Fsp3) is 0.556. The van der Waals surface area contributed by atoms with E-state index >= 15 is 0 Å². The Balaban J connectivity index is 2.16. The Morgan fingerprint density at radius 1 is 1.11 bits per heavy atom. The maximum Gasteiger partial charge on any atom is -0.00460 e. The van der Waals surface area contributed by atoms with E-state index in [0.29, 0.717) is 0 Å². The Bertz CT molecular complexity index is 431. The molecule has 1 aromatic rings. The Morgan fingerprint density at radius 3 is 2.26 bits per heavy atom. The maximum absolute atomic E-state index is 3.45. The highest BCUT2D eigenvalue weighted by Crippen LogP contribution is 2.35. The molecule has 0 saturated carbocycles. The van der Waals surface area contributed by atoms with Crippen molar-refractivity contribution in [2.75, 3.05) is 13.1 Å². The predicted octanol–water partition coefficient (Wildman–Crippen LogP) is 4.34. The van der Waals surface area contributed by atoms with Crippen molar-refractivity contribution in [3.05, 3.63) is 41.0 Å². The van der Waals surface area contributed by atoms with E-state index in [2.05, 4.69) is 63.4 Å². The predicted molar refractivity (Wildman–Crippen MR) is 84.3 cm³/mol. The van der Waals surface area contributed by atoms with Crippen molar-refractivity contribution < 1.29 is 0 Å². The molecular formula is C18H27N. The van der Waals surface area contributed by atoms with Crippen LogP contribution in [0.2, 0.25) is 0 Å². The van der Waals surface area contributed by atoms with Gasteiger partial charge in [0.15, 0.2) is 0 Å². The summed E-state index contributed by atoms with van der Waals surface area (Å²) in [5.41, 5.74) is 4.43. The summed E-state index contributed by atoms with van der Waals surface area (Å²) in [6, 6.07) is 6.54. The van der Waals surface area contributed by atoms with Gasteiger partial charge in [-0.05, 0) is 67.8 Å². The van der Waals surface area contributed by atoms with Crippen LogP contribution in [0.4, 0.5) is 0 Å². The molecule has 104 valence electrons. The molecule has 0 spiro atoms. The summed E-state index contributed by atoms with van der Waals surface area (Å²) >= 11 is 0. The van der Waals surface area contributed by atoms with E-state index in [0.717, 1.165) is 5.92 Å². The first-order valence-corrected chi connectivity index (χ1v) is 7.47. The standard InChI is InChI=1S/C18H27N/c1-14-6-5-7-15(2)17(14)8-11-18(3,4)16-9-12-19-13-10-16/h5-8,11,16,19H,9-10,12-13H2,1-4H3/b11-8+. The van der Waals surface area contributed by atoms with E-state index < -0.39 is 0 Å². The Hall–Kier alpha value is -1.08. The highest BCUT2D eigenvalue weighted by atomic mass is 14.9. The summed E-state index contributed by atoms with van der Waals surface area (Å²) < 4.78 is 0. The Morgan fingerprint density at radius 2 is 1.68 bits per heavy atom. The van der Waals surface area contributed by atoms with Gasteiger partial charge in [-0.15, -0.1) is 0 Å². The van der Waals surface area contributed by atoms with Crippen LogP contribution in [0.3, 0.4) is 0 Å². The van der Waals surface area contributed by atoms with E-state index in [-0.39, 0.29) is 5.41 Å². The lowest BCUT2D eigenvalue weighted by molar-refractivity contribution is 0.221. The van der Waals surface area contributed by atoms with E-state index in [4.69, 9.17) is 0 Å². The number of aryl methyl sites for hydroxylation is 2. The first kappa shape index (κ1) is 14.3. The minimum absolute atomic E-state index is 0.289. The summed E-state index contributed by atoms with van der Waals surface area (Å²) in [7, 11) is 0. The number of nitrogens with one attached hydrogen (secondary N) is 1. The molecule has 1 heterocycles. The molecule has 0 atom stereocenters. The first-order valence-electron chi connectivity index (χ1n) is 7.47. The van der Waals surface area contributed by atoms with Gasteiger partial charge in [0.2, 0.25) is 0 Å². The average Bonchev–Trinajstić information content (AvgIpc) is 2.39. The SMILES string of the molecule is Cc1cccc(C)c1/C=C/C(C)(C)C1CCNCC1. The van der Waals surface area contributed by atoms with Crippen LogP contribution in [-0.4, -0.2) is 13.1 Å². The second-order valence-corrected chi connectivity index (χ2v) is 6.48. The molecule has 1 aromatic carbocycles. The summed E-state index contributed by atoms with van der Waals surface area (Å²) in [6.45, 7) is 11.5. The molecule has 2 rings (SSSR count). The van der Waals surface area contributed by atoms with Gasteiger partial charge >= 0.3 is 0 Å². The smallest absolute Gasteiger partial charge is 0.00460 e. The largest absolute Gasteiger partial charge is 0.317 e. The van der Waals surface area contributed by atoms with Crippen LogP contribution in [0.5, 0.6) is 0 Å². The average molecular weight is 257 g/mol. The third-order valence-corrected chi connectivity index (χ3v) is 4.61. The van der Waals surface area contributed by atoms with Gasteiger partial charge in [-0.2, -0.15) is 0 Å². The van der Waals surface area contributed by atoms with Gasteiger partial charge in [-0.3, -0.25) is 0 Å². The number of piperidine rings is 1. The highest BCUT2D eigenvalue weighted by molar-refractivity contribution is 5.58. The Labute approximate surface area is 118 Å². The van der Waals surface area contributed by atoms with Crippen molar-refractivity contribution in [2.24, 2.45) is 11.3 Å². The van der Waals surface area contributed by atoms with E-state index in [1.165, 1.54) is 42.6 Å². The molecule has 1 nitrogen and oxygen atoms in total. The van der Waals surface area contributed by atoms with Gasteiger partial charge < -0.3 is 5.32 Å². The lowest BCUT2D eigenvalue weighted by Crippen LogP contribution is -2.34. The number of benzene rings is 1. The van der Waals surface area contributed by atoms with Crippen molar-refractivity contribution in [3.63, 3.8) is 0 Å². The zero-order valence-electron chi connectivity index (χ0n) is 12.8. The molecule has 1 aliphatic heterocycles. The second-order valence-electron chi connectivity index (χ2n) is 6.48. The van der Waals surface area contributed by atoms with Crippen molar-refractivity contribution in [2.45, 2.75) is 40.5 Å². The molecule has 1 saturated heterocycles. The van der Waals surface area contributed by atoms with Crippen LogP contribution >= 0.6 is 0 Å². The highest BCUT2D eigenvalue weighted by Gasteiger charge is 2.27. The van der Waals surface area contributed by atoms with Crippen molar-refractivity contribution in [1.29, 1.82) is 0 Å². The summed E-state index contributed by atoms with van der Waals surface area (Å²) in [5.74, 6) is 0.800. The zero-order valence-corrected chi connectivity index (χ0v) is 12.8. The lowest BCUT2D eigenvalue weighted by atomic mass is 9.73. The molecule has 0 radical (unpaired) electrons. The monoisotopic (exact) mass is 257 g/mol.